The molecule has 0 bridgehead atoms. The van der Waals surface area contributed by atoms with Crippen LogP contribution in [-0.2, 0) is 17.1 Å². The molecular formula is C18H28N2OS. The second kappa shape index (κ2) is 8.89. The molecule has 1 amide bonds. The maximum atomic E-state index is 11.7. The van der Waals surface area contributed by atoms with Crippen LogP contribution in [-0.4, -0.2) is 16.2 Å². The number of nitrogens with two attached hydrogens (primary N) is 1. The predicted octanol–water partition coefficient (Wildman–Crippen LogP) is 4.53. The molecule has 2 aromatic rings. The number of hydrogen-bond acceptors (Lipinski definition) is 2. The highest BCUT2D eigenvalue weighted by Gasteiger charge is 2.30. The Kier molecular flexibility index (Phi) is 7.52. The first kappa shape index (κ1) is 18.6. The molecule has 0 aliphatic carbocycles. The molecule has 0 saturated heterocycles. The van der Waals surface area contributed by atoms with Crippen molar-refractivity contribution in [2.45, 2.75) is 52.8 Å². The van der Waals surface area contributed by atoms with Crippen LogP contribution < -0.4 is 5.73 Å². The Hall–Kier alpha value is -1.42. The number of nitrogens with zero attached hydrogens (tertiary/aromatic N) is 1. The van der Waals surface area contributed by atoms with Crippen LogP contribution in [0.4, 0.5) is 0 Å². The number of aromatic nitrogens is 1. The number of benzene rings is 1. The van der Waals surface area contributed by atoms with Crippen molar-refractivity contribution in [3.05, 3.63) is 35.5 Å². The fourth-order valence-electron chi connectivity index (χ4n) is 2.87. The zero-order valence-corrected chi connectivity index (χ0v) is 15.2. The fraction of sp³-hybridized carbons (Fsp3) is 0.500. The predicted molar refractivity (Wildman–Crippen MR) is 98.4 cm³/mol. The van der Waals surface area contributed by atoms with Gasteiger partial charge >= 0.3 is 0 Å². The van der Waals surface area contributed by atoms with E-state index < -0.39 is 0 Å². The molecule has 4 heteroatoms. The fourth-order valence-corrected chi connectivity index (χ4v) is 4.06. The SMILES string of the molecule is CC.CC.CCn1c2c(c3ccccc31)C(C(N)=O)CSC2. The van der Waals surface area contributed by atoms with Crippen molar-refractivity contribution >= 4 is 28.6 Å². The first-order valence-corrected chi connectivity index (χ1v) is 9.36. The van der Waals surface area contributed by atoms with E-state index in [0.29, 0.717) is 0 Å². The average Bonchev–Trinajstić information content (AvgIpc) is 2.92. The van der Waals surface area contributed by atoms with Gasteiger partial charge in [-0.1, -0.05) is 45.9 Å². The first-order valence-electron chi connectivity index (χ1n) is 8.21. The van der Waals surface area contributed by atoms with Crippen LogP contribution in [0.5, 0.6) is 0 Å². The van der Waals surface area contributed by atoms with Crippen molar-refractivity contribution in [1.82, 2.24) is 4.57 Å². The molecule has 2 heterocycles. The molecule has 1 unspecified atom stereocenters. The highest BCUT2D eigenvalue weighted by atomic mass is 32.2. The van der Waals surface area contributed by atoms with E-state index in [1.165, 1.54) is 22.2 Å². The number of thioether (sulfide) groups is 1. The topological polar surface area (TPSA) is 48.0 Å². The lowest BCUT2D eigenvalue weighted by Gasteiger charge is -2.21. The Bertz CT molecular complexity index is 619. The van der Waals surface area contributed by atoms with Crippen molar-refractivity contribution in [1.29, 1.82) is 0 Å². The van der Waals surface area contributed by atoms with Gasteiger partial charge in [0.05, 0.1) is 5.92 Å². The molecule has 1 aromatic carbocycles. The first-order chi connectivity index (χ1) is 10.7. The summed E-state index contributed by atoms with van der Waals surface area (Å²) in [5.74, 6) is 1.43. The minimum absolute atomic E-state index is 0.142. The summed E-state index contributed by atoms with van der Waals surface area (Å²) in [6, 6.07) is 8.31. The average molecular weight is 321 g/mol. The van der Waals surface area contributed by atoms with E-state index in [4.69, 9.17) is 5.73 Å². The number of carbonyl (C=O) groups is 1. The van der Waals surface area contributed by atoms with E-state index in [1.807, 2.05) is 39.8 Å². The molecule has 1 aliphatic rings. The van der Waals surface area contributed by atoms with Crippen LogP contribution in [0.25, 0.3) is 10.9 Å². The van der Waals surface area contributed by atoms with Crippen LogP contribution in [0, 0.1) is 0 Å². The third kappa shape index (κ3) is 3.32. The van der Waals surface area contributed by atoms with Gasteiger partial charge in [-0.2, -0.15) is 11.8 Å². The maximum absolute atomic E-state index is 11.7. The van der Waals surface area contributed by atoms with Crippen LogP contribution in [0.1, 0.15) is 51.8 Å². The number of amides is 1. The molecule has 122 valence electrons. The summed E-state index contributed by atoms with van der Waals surface area (Å²) in [5, 5.41) is 1.19. The number of aryl methyl sites for hydroxylation is 1. The Balaban J connectivity index is 0.000000561. The van der Waals surface area contributed by atoms with Crippen LogP contribution in [0.15, 0.2) is 24.3 Å². The van der Waals surface area contributed by atoms with Gasteiger partial charge in [-0.15, -0.1) is 0 Å². The number of carbonyl (C=O) groups excluding carboxylic acids is 1. The van der Waals surface area contributed by atoms with Gasteiger partial charge in [0, 0.05) is 34.6 Å². The zero-order chi connectivity index (χ0) is 16.7. The summed E-state index contributed by atoms with van der Waals surface area (Å²) in [4.78, 5) is 11.7. The number of fused-ring (bicyclic) bond motifs is 3. The molecule has 3 rings (SSSR count). The van der Waals surface area contributed by atoms with Crippen LogP contribution in [0.2, 0.25) is 0 Å². The number of para-hydroxylation sites is 1. The van der Waals surface area contributed by atoms with Gasteiger partial charge in [-0.3, -0.25) is 4.79 Å². The van der Waals surface area contributed by atoms with Crippen molar-refractivity contribution in [2.75, 3.05) is 5.75 Å². The molecule has 0 fully saturated rings. The van der Waals surface area contributed by atoms with Gasteiger partial charge < -0.3 is 10.3 Å². The monoisotopic (exact) mass is 320 g/mol. The summed E-state index contributed by atoms with van der Waals surface area (Å²) in [5.41, 5.74) is 9.23. The Morgan fingerprint density at radius 2 is 1.91 bits per heavy atom. The quantitative estimate of drug-likeness (QED) is 0.883. The van der Waals surface area contributed by atoms with E-state index in [9.17, 15) is 4.79 Å². The smallest absolute Gasteiger partial charge is 0.225 e. The number of hydrogen-bond donors (Lipinski definition) is 1. The minimum atomic E-state index is -0.206. The van der Waals surface area contributed by atoms with Gasteiger partial charge in [-0.05, 0) is 18.6 Å². The van der Waals surface area contributed by atoms with Crippen molar-refractivity contribution in [3.8, 4) is 0 Å². The van der Waals surface area contributed by atoms with E-state index in [-0.39, 0.29) is 11.8 Å². The highest BCUT2D eigenvalue weighted by molar-refractivity contribution is 7.98. The molecule has 2 N–H and O–H groups in total. The van der Waals surface area contributed by atoms with Gasteiger partial charge in [0.2, 0.25) is 5.91 Å². The Morgan fingerprint density at radius 1 is 1.27 bits per heavy atom. The summed E-state index contributed by atoms with van der Waals surface area (Å²) in [6.45, 7) is 11.1. The maximum Gasteiger partial charge on any atom is 0.225 e. The lowest BCUT2D eigenvalue weighted by Crippen LogP contribution is -2.26. The summed E-state index contributed by atoms with van der Waals surface area (Å²) >= 11 is 1.80. The number of rotatable bonds is 2. The van der Waals surface area contributed by atoms with E-state index in [0.717, 1.165) is 18.1 Å². The van der Waals surface area contributed by atoms with Crippen LogP contribution >= 0.6 is 11.8 Å². The molecule has 1 atom stereocenters. The molecule has 3 nitrogen and oxygen atoms in total. The van der Waals surface area contributed by atoms with E-state index in [1.54, 1.807) is 11.8 Å². The summed E-state index contributed by atoms with van der Waals surface area (Å²) < 4.78 is 2.31. The standard InChI is InChI=1S/C14H16N2OS.2C2H6/c1-2-16-11-6-4-3-5-9(11)13-10(14(15)17)7-18-8-12(13)16;2*1-2/h3-6,10H,2,7-8H2,1H3,(H2,15,17);2*1-2H3. The van der Waals surface area contributed by atoms with E-state index in [2.05, 4.69) is 23.6 Å². The number of primary amides is 1. The van der Waals surface area contributed by atoms with Crippen LogP contribution in [0.3, 0.4) is 0 Å². The molecule has 22 heavy (non-hydrogen) atoms. The normalized spacial score (nSPS) is 16.0. The second-order valence-corrected chi connectivity index (χ2v) is 5.62. The van der Waals surface area contributed by atoms with Crippen molar-refractivity contribution < 1.29 is 4.79 Å². The summed E-state index contributed by atoms with van der Waals surface area (Å²) in [7, 11) is 0. The van der Waals surface area contributed by atoms with Gasteiger partial charge in [0.1, 0.15) is 0 Å². The molecular weight excluding hydrogens is 292 g/mol. The summed E-state index contributed by atoms with van der Waals surface area (Å²) in [6.07, 6.45) is 0. The van der Waals surface area contributed by atoms with Crippen molar-refractivity contribution in [2.24, 2.45) is 5.73 Å². The third-order valence-electron chi connectivity index (χ3n) is 3.65. The van der Waals surface area contributed by atoms with Gasteiger partial charge in [-0.25, -0.2) is 0 Å². The highest BCUT2D eigenvalue weighted by Crippen LogP contribution is 2.39. The zero-order valence-electron chi connectivity index (χ0n) is 14.3. The lowest BCUT2D eigenvalue weighted by atomic mass is 9.97. The Morgan fingerprint density at radius 3 is 2.50 bits per heavy atom. The van der Waals surface area contributed by atoms with E-state index >= 15 is 0 Å². The van der Waals surface area contributed by atoms with Gasteiger partial charge in [0.25, 0.3) is 0 Å². The minimum Gasteiger partial charge on any atom is -0.369 e. The molecule has 1 aromatic heterocycles. The lowest BCUT2D eigenvalue weighted by molar-refractivity contribution is -0.119. The van der Waals surface area contributed by atoms with Gasteiger partial charge in [0.15, 0.2) is 0 Å². The molecule has 0 saturated carbocycles. The third-order valence-corrected chi connectivity index (χ3v) is 4.70. The second-order valence-electron chi connectivity index (χ2n) is 4.59. The molecule has 0 spiro atoms. The van der Waals surface area contributed by atoms with Crippen molar-refractivity contribution in [3.63, 3.8) is 0 Å². The largest absolute Gasteiger partial charge is 0.369 e. The molecule has 0 radical (unpaired) electrons. The Labute approximate surface area is 138 Å². The molecule has 1 aliphatic heterocycles.